The van der Waals surface area contributed by atoms with Crippen LogP contribution >= 0.6 is 0 Å². The first-order valence-electron chi connectivity index (χ1n) is 11.5. The number of fused-ring (bicyclic) bond motifs is 1. The van der Waals surface area contributed by atoms with E-state index in [9.17, 15) is 13.2 Å². The van der Waals surface area contributed by atoms with E-state index in [2.05, 4.69) is 17.4 Å². The van der Waals surface area contributed by atoms with E-state index in [0.29, 0.717) is 12.8 Å². The number of nitrogens with zero attached hydrogens (tertiary/aromatic N) is 1. The van der Waals surface area contributed by atoms with Gasteiger partial charge < -0.3 is 4.90 Å². The van der Waals surface area contributed by atoms with Gasteiger partial charge >= 0.3 is 0 Å². The van der Waals surface area contributed by atoms with Crippen LogP contribution in [0.2, 0.25) is 0 Å². The van der Waals surface area contributed by atoms with Gasteiger partial charge in [0.1, 0.15) is 0 Å². The Kier molecular flexibility index (Phi) is 6.82. The third kappa shape index (κ3) is 5.13. The second-order valence-electron chi connectivity index (χ2n) is 9.05. The molecule has 2 unspecified atom stereocenters. The maximum absolute atomic E-state index is 12.9. The summed E-state index contributed by atoms with van der Waals surface area (Å²) in [6, 6.07) is 12.7. The zero-order valence-corrected chi connectivity index (χ0v) is 19.5. The minimum atomic E-state index is -3.60. The number of carbonyl (C=O) groups is 1. The largest absolute Gasteiger partial charge is 0.343 e. The highest BCUT2D eigenvalue weighted by molar-refractivity contribution is 7.89. The van der Waals surface area contributed by atoms with Crippen LogP contribution in [-0.2, 0) is 14.8 Å². The number of rotatable bonds is 7. The molecule has 32 heavy (non-hydrogen) atoms. The van der Waals surface area contributed by atoms with E-state index in [1.807, 2.05) is 42.2 Å². The Balaban J connectivity index is 1.34. The molecule has 6 heteroatoms. The summed E-state index contributed by atoms with van der Waals surface area (Å²) in [4.78, 5) is 14.7. The Labute approximate surface area is 191 Å². The summed E-state index contributed by atoms with van der Waals surface area (Å²) in [6.45, 7) is 7.89. The molecule has 0 aromatic heterocycles. The molecule has 1 saturated carbocycles. The molecule has 2 aromatic carbocycles. The summed E-state index contributed by atoms with van der Waals surface area (Å²) in [7, 11) is -3.60. The smallest absolute Gasteiger partial charge is 0.240 e. The van der Waals surface area contributed by atoms with Gasteiger partial charge in [-0.3, -0.25) is 4.79 Å². The lowest BCUT2D eigenvalue weighted by Crippen LogP contribution is -2.32. The molecule has 5 nitrogen and oxygen atoms in total. The molecule has 1 heterocycles. The molecule has 1 aliphatic heterocycles. The molecule has 1 amide bonds. The molecule has 4 rings (SSSR count). The molecule has 1 N–H and O–H groups in total. The monoisotopic (exact) mass is 452 g/mol. The summed E-state index contributed by atoms with van der Waals surface area (Å²) in [5.41, 5.74) is 2.21. The lowest BCUT2D eigenvalue weighted by Gasteiger charge is -2.18. The summed E-state index contributed by atoms with van der Waals surface area (Å²) < 4.78 is 28.5. The SMILES string of the molecule is C=C1/C(=C\CC(C)NS(=O)(=O)c2ccc3ccccc3c2)CCC1CC(=O)N1CCCC1. The lowest BCUT2D eigenvalue weighted by molar-refractivity contribution is -0.130. The van der Waals surface area contributed by atoms with Gasteiger partial charge in [-0.05, 0) is 79.0 Å². The summed E-state index contributed by atoms with van der Waals surface area (Å²) >= 11 is 0. The Morgan fingerprint density at radius 2 is 1.91 bits per heavy atom. The second-order valence-corrected chi connectivity index (χ2v) is 10.8. The predicted molar refractivity (Wildman–Crippen MR) is 129 cm³/mol. The van der Waals surface area contributed by atoms with Gasteiger partial charge in [0.15, 0.2) is 0 Å². The van der Waals surface area contributed by atoms with Crippen molar-refractivity contribution in [2.75, 3.05) is 13.1 Å². The fraction of sp³-hybridized carbons (Fsp3) is 0.423. The van der Waals surface area contributed by atoms with Gasteiger partial charge in [0.25, 0.3) is 0 Å². The first-order valence-corrected chi connectivity index (χ1v) is 13.0. The van der Waals surface area contributed by atoms with Crippen molar-refractivity contribution in [1.29, 1.82) is 0 Å². The van der Waals surface area contributed by atoms with Crippen molar-refractivity contribution in [3.05, 3.63) is 66.3 Å². The molecule has 1 saturated heterocycles. The van der Waals surface area contributed by atoms with Gasteiger partial charge in [0.05, 0.1) is 4.90 Å². The van der Waals surface area contributed by atoms with E-state index < -0.39 is 10.0 Å². The Hall–Kier alpha value is -2.44. The molecular formula is C26H32N2O3S. The molecule has 2 aliphatic rings. The minimum Gasteiger partial charge on any atom is -0.343 e. The minimum absolute atomic E-state index is 0.207. The van der Waals surface area contributed by atoms with Crippen LogP contribution in [0, 0.1) is 5.92 Å². The third-order valence-electron chi connectivity index (χ3n) is 6.65. The zero-order chi connectivity index (χ0) is 22.7. The normalized spacial score (nSPS) is 21.5. The Morgan fingerprint density at radius 3 is 2.66 bits per heavy atom. The molecule has 2 atom stereocenters. The van der Waals surface area contributed by atoms with Crippen molar-refractivity contribution in [2.24, 2.45) is 5.92 Å². The zero-order valence-electron chi connectivity index (χ0n) is 18.7. The highest BCUT2D eigenvalue weighted by Crippen LogP contribution is 2.37. The maximum atomic E-state index is 12.9. The predicted octanol–water partition coefficient (Wildman–Crippen LogP) is 4.80. The Morgan fingerprint density at radius 1 is 1.19 bits per heavy atom. The fourth-order valence-electron chi connectivity index (χ4n) is 4.73. The number of amides is 1. The van der Waals surface area contributed by atoms with Crippen LogP contribution in [0.1, 0.15) is 45.4 Å². The number of sulfonamides is 1. The quantitative estimate of drug-likeness (QED) is 0.656. The van der Waals surface area contributed by atoms with E-state index in [-0.39, 0.29) is 22.8 Å². The van der Waals surface area contributed by atoms with Crippen molar-refractivity contribution in [1.82, 2.24) is 9.62 Å². The average molecular weight is 453 g/mol. The number of hydrogen-bond donors (Lipinski definition) is 1. The molecular weight excluding hydrogens is 420 g/mol. The van der Waals surface area contributed by atoms with Crippen molar-refractivity contribution >= 4 is 26.7 Å². The maximum Gasteiger partial charge on any atom is 0.240 e. The second kappa shape index (κ2) is 9.59. The van der Waals surface area contributed by atoms with E-state index in [4.69, 9.17) is 0 Å². The molecule has 0 spiro atoms. The van der Waals surface area contributed by atoms with Crippen LogP contribution in [0.25, 0.3) is 10.8 Å². The van der Waals surface area contributed by atoms with Gasteiger partial charge in [0.2, 0.25) is 15.9 Å². The van der Waals surface area contributed by atoms with E-state index in [1.165, 1.54) is 5.57 Å². The molecule has 1 aliphatic carbocycles. The van der Waals surface area contributed by atoms with Crippen molar-refractivity contribution in [3.8, 4) is 0 Å². The number of nitrogens with one attached hydrogen (secondary N) is 1. The molecule has 0 bridgehead atoms. The van der Waals surface area contributed by atoms with E-state index in [0.717, 1.165) is 55.1 Å². The van der Waals surface area contributed by atoms with Crippen molar-refractivity contribution in [3.63, 3.8) is 0 Å². The van der Waals surface area contributed by atoms with Crippen LogP contribution in [-0.4, -0.2) is 38.4 Å². The van der Waals surface area contributed by atoms with E-state index in [1.54, 1.807) is 12.1 Å². The van der Waals surface area contributed by atoms with Gasteiger partial charge in [-0.25, -0.2) is 13.1 Å². The van der Waals surface area contributed by atoms with Crippen molar-refractivity contribution in [2.45, 2.75) is 56.4 Å². The van der Waals surface area contributed by atoms with Crippen LogP contribution in [0.4, 0.5) is 0 Å². The summed E-state index contributed by atoms with van der Waals surface area (Å²) in [6.07, 6.45) is 7.29. The summed E-state index contributed by atoms with van der Waals surface area (Å²) in [5.74, 6) is 0.449. The first-order chi connectivity index (χ1) is 15.3. The number of allylic oxidation sites excluding steroid dienone is 2. The van der Waals surface area contributed by atoms with Crippen LogP contribution in [0.3, 0.4) is 0 Å². The molecule has 2 fully saturated rings. The fourth-order valence-corrected chi connectivity index (χ4v) is 6.02. The molecule has 0 radical (unpaired) electrons. The summed E-state index contributed by atoms with van der Waals surface area (Å²) in [5, 5.41) is 1.92. The van der Waals surface area contributed by atoms with E-state index >= 15 is 0 Å². The van der Waals surface area contributed by atoms with Crippen LogP contribution < -0.4 is 4.72 Å². The van der Waals surface area contributed by atoms with Gasteiger partial charge in [0, 0.05) is 25.6 Å². The average Bonchev–Trinajstić information content (AvgIpc) is 3.43. The topological polar surface area (TPSA) is 66.5 Å². The number of carbonyl (C=O) groups excluding carboxylic acids is 1. The molecule has 170 valence electrons. The number of likely N-dealkylation sites (tertiary alicyclic amines) is 1. The Bertz CT molecular complexity index is 1150. The molecule has 2 aromatic rings. The third-order valence-corrected chi connectivity index (χ3v) is 8.24. The van der Waals surface area contributed by atoms with Crippen LogP contribution in [0.5, 0.6) is 0 Å². The van der Waals surface area contributed by atoms with Crippen LogP contribution in [0.15, 0.2) is 71.2 Å². The highest BCUT2D eigenvalue weighted by atomic mass is 32.2. The standard InChI is InChI=1S/C26H32N2O3S/c1-19(27-32(30,31)25-14-13-22-7-3-4-8-24(22)17-25)9-10-21-11-12-23(20(21)2)18-26(29)28-15-5-6-16-28/h3-4,7-8,10,13-14,17,19,23,27H,2,5-6,9,11-12,15-16,18H2,1H3/b21-10-. The van der Waals surface area contributed by atoms with Gasteiger partial charge in [-0.1, -0.05) is 43.0 Å². The first kappa shape index (κ1) is 22.7. The highest BCUT2D eigenvalue weighted by Gasteiger charge is 2.28. The number of benzene rings is 2. The number of hydrogen-bond acceptors (Lipinski definition) is 3. The van der Waals surface area contributed by atoms with Gasteiger partial charge in [-0.15, -0.1) is 0 Å². The lowest BCUT2D eigenvalue weighted by atomic mass is 9.97. The van der Waals surface area contributed by atoms with Crippen molar-refractivity contribution < 1.29 is 13.2 Å². The van der Waals surface area contributed by atoms with Gasteiger partial charge in [-0.2, -0.15) is 0 Å².